The van der Waals surface area contributed by atoms with Crippen LogP contribution in [0, 0.1) is 20.8 Å². The molecule has 0 saturated carbocycles. The van der Waals surface area contributed by atoms with Crippen LogP contribution < -0.4 is 5.32 Å². The molecule has 0 spiro atoms. The molecule has 1 rings (SSSR count). The van der Waals surface area contributed by atoms with Gasteiger partial charge in [0.2, 0.25) is 0 Å². The van der Waals surface area contributed by atoms with E-state index in [-0.39, 0.29) is 18.6 Å². The van der Waals surface area contributed by atoms with Crippen LogP contribution in [0.2, 0.25) is 0 Å². The van der Waals surface area contributed by atoms with Crippen LogP contribution in [0.3, 0.4) is 0 Å². The molecule has 2 N–H and O–H groups in total. The van der Waals surface area contributed by atoms with Crippen LogP contribution in [0.1, 0.15) is 40.8 Å². The number of carbonyl (C=O) groups is 1. The third kappa shape index (κ3) is 2.44. The number of hydrogen-bond donors (Lipinski definition) is 2. The van der Waals surface area contributed by atoms with Crippen molar-refractivity contribution in [2.24, 2.45) is 0 Å². The Morgan fingerprint density at radius 1 is 1.38 bits per heavy atom. The average Bonchev–Trinajstić information content (AvgIpc) is 2.49. The zero-order valence-corrected chi connectivity index (χ0v) is 10.3. The largest absolute Gasteiger partial charge is 0.466 e. The molecule has 0 aliphatic carbocycles. The maximum absolute atomic E-state index is 11.9. The van der Waals surface area contributed by atoms with E-state index in [9.17, 15) is 4.79 Å². The lowest BCUT2D eigenvalue weighted by atomic mass is 10.1. The maximum atomic E-state index is 11.9. The lowest BCUT2D eigenvalue weighted by Crippen LogP contribution is -2.37. The second kappa shape index (κ2) is 5.16. The minimum Gasteiger partial charge on any atom is -0.466 e. The van der Waals surface area contributed by atoms with Gasteiger partial charge in [-0.2, -0.15) is 0 Å². The number of rotatable bonds is 4. The van der Waals surface area contributed by atoms with Crippen molar-refractivity contribution in [2.45, 2.75) is 40.2 Å². The summed E-state index contributed by atoms with van der Waals surface area (Å²) in [6, 6.07) is -0.193. The van der Waals surface area contributed by atoms with E-state index in [4.69, 9.17) is 9.52 Å². The van der Waals surface area contributed by atoms with Crippen molar-refractivity contribution < 1.29 is 14.3 Å². The van der Waals surface area contributed by atoms with Gasteiger partial charge in [0, 0.05) is 5.56 Å². The highest BCUT2D eigenvalue weighted by Gasteiger charge is 2.20. The van der Waals surface area contributed by atoms with Crippen molar-refractivity contribution in [3.05, 3.63) is 22.6 Å². The van der Waals surface area contributed by atoms with Crippen LogP contribution in [-0.2, 0) is 0 Å². The molecule has 1 heterocycles. The molecular formula is C12H19NO3. The fourth-order valence-corrected chi connectivity index (χ4v) is 1.66. The van der Waals surface area contributed by atoms with E-state index < -0.39 is 0 Å². The average molecular weight is 225 g/mol. The van der Waals surface area contributed by atoms with Crippen molar-refractivity contribution in [1.82, 2.24) is 5.32 Å². The topological polar surface area (TPSA) is 62.5 Å². The Bertz CT molecular complexity index is 378. The summed E-state index contributed by atoms with van der Waals surface area (Å²) in [6.07, 6.45) is 0.706. The van der Waals surface area contributed by atoms with Gasteiger partial charge in [0.25, 0.3) is 5.91 Å². The second-order valence-corrected chi connectivity index (χ2v) is 3.98. The smallest absolute Gasteiger partial charge is 0.255 e. The highest BCUT2D eigenvalue weighted by molar-refractivity contribution is 5.97. The van der Waals surface area contributed by atoms with Crippen molar-refractivity contribution in [2.75, 3.05) is 6.61 Å². The van der Waals surface area contributed by atoms with Gasteiger partial charge in [-0.25, -0.2) is 0 Å². The number of aliphatic hydroxyl groups excluding tert-OH is 1. The van der Waals surface area contributed by atoms with E-state index in [1.807, 2.05) is 20.8 Å². The van der Waals surface area contributed by atoms with E-state index in [1.165, 1.54) is 0 Å². The van der Waals surface area contributed by atoms with Crippen LogP contribution in [0.5, 0.6) is 0 Å². The summed E-state index contributed by atoms with van der Waals surface area (Å²) in [5.74, 6) is 1.22. The monoisotopic (exact) mass is 225 g/mol. The summed E-state index contributed by atoms with van der Waals surface area (Å²) >= 11 is 0. The van der Waals surface area contributed by atoms with E-state index in [0.29, 0.717) is 17.7 Å². The van der Waals surface area contributed by atoms with Crippen molar-refractivity contribution in [3.63, 3.8) is 0 Å². The number of amides is 1. The van der Waals surface area contributed by atoms with Crippen molar-refractivity contribution >= 4 is 5.91 Å². The summed E-state index contributed by atoms with van der Waals surface area (Å²) in [5, 5.41) is 11.8. The summed E-state index contributed by atoms with van der Waals surface area (Å²) in [4.78, 5) is 11.9. The summed E-state index contributed by atoms with van der Waals surface area (Å²) in [6.45, 7) is 7.34. The molecule has 16 heavy (non-hydrogen) atoms. The highest BCUT2D eigenvalue weighted by atomic mass is 16.3. The third-order valence-electron chi connectivity index (χ3n) is 2.84. The van der Waals surface area contributed by atoms with E-state index in [0.717, 1.165) is 11.3 Å². The fourth-order valence-electron chi connectivity index (χ4n) is 1.66. The van der Waals surface area contributed by atoms with E-state index >= 15 is 0 Å². The molecule has 1 atom stereocenters. The first-order valence-electron chi connectivity index (χ1n) is 5.49. The first-order chi connectivity index (χ1) is 7.51. The summed E-state index contributed by atoms with van der Waals surface area (Å²) < 4.78 is 5.39. The number of aliphatic hydroxyl groups is 1. The van der Waals surface area contributed by atoms with Crippen LogP contribution in [0.25, 0.3) is 0 Å². The maximum Gasteiger partial charge on any atom is 0.255 e. The molecule has 0 radical (unpaired) electrons. The summed E-state index contributed by atoms with van der Waals surface area (Å²) in [5.41, 5.74) is 1.45. The van der Waals surface area contributed by atoms with Gasteiger partial charge in [-0.05, 0) is 27.2 Å². The van der Waals surface area contributed by atoms with Gasteiger partial charge in [0.05, 0.1) is 18.2 Å². The Morgan fingerprint density at radius 3 is 2.38 bits per heavy atom. The lowest BCUT2D eigenvalue weighted by Gasteiger charge is -2.13. The Kier molecular flexibility index (Phi) is 4.12. The van der Waals surface area contributed by atoms with Gasteiger partial charge < -0.3 is 14.8 Å². The van der Waals surface area contributed by atoms with Gasteiger partial charge in [-0.3, -0.25) is 4.79 Å². The molecule has 1 aromatic heterocycles. The number of nitrogens with one attached hydrogen (secondary N) is 1. The molecule has 0 fully saturated rings. The van der Waals surface area contributed by atoms with Gasteiger partial charge in [0.15, 0.2) is 0 Å². The number of carbonyl (C=O) groups excluding carboxylic acids is 1. The molecule has 0 unspecified atom stereocenters. The third-order valence-corrected chi connectivity index (χ3v) is 2.84. The van der Waals surface area contributed by atoms with Gasteiger partial charge in [-0.15, -0.1) is 0 Å². The minimum atomic E-state index is -0.193. The molecule has 4 heteroatoms. The predicted octanol–water partition coefficient (Wildman–Crippen LogP) is 1.71. The molecule has 0 saturated heterocycles. The Balaban J connectivity index is 2.88. The zero-order valence-electron chi connectivity index (χ0n) is 10.3. The zero-order chi connectivity index (χ0) is 12.3. The highest BCUT2D eigenvalue weighted by Crippen LogP contribution is 2.20. The Morgan fingerprint density at radius 2 is 2.00 bits per heavy atom. The van der Waals surface area contributed by atoms with E-state index in [1.54, 1.807) is 6.92 Å². The van der Waals surface area contributed by atoms with Crippen LogP contribution in [-0.4, -0.2) is 23.7 Å². The molecule has 0 bridgehead atoms. The van der Waals surface area contributed by atoms with Crippen LogP contribution in [0.4, 0.5) is 0 Å². The van der Waals surface area contributed by atoms with Crippen LogP contribution >= 0.6 is 0 Å². The lowest BCUT2D eigenvalue weighted by molar-refractivity contribution is 0.0913. The van der Waals surface area contributed by atoms with Crippen LogP contribution in [0.15, 0.2) is 4.42 Å². The minimum absolute atomic E-state index is 0.0445. The van der Waals surface area contributed by atoms with Gasteiger partial charge >= 0.3 is 0 Å². The Labute approximate surface area is 95.7 Å². The molecule has 0 aromatic carbocycles. The standard InChI is InChI=1S/C12H19NO3/c1-5-10(6-14)13-12(15)11-7(2)8(3)16-9(11)4/h10,14H,5-6H2,1-4H3,(H,13,15)/t10-/m0/s1. The number of aryl methyl sites for hydroxylation is 2. The quantitative estimate of drug-likeness (QED) is 0.820. The predicted molar refractivity (Wildman–Crippen MR) is 61.6 cm³/mol. The molecule has 0 aliphatic rings. The molecule has 0 aliphatic heterocycles. The first kappa shape index (κ1) is 12.8. The number of furan rings is 1. The van der Waals surface area contributed by atoms with Gasteiger partial charge in [0.1, 0.15) is 11.5 Å². The van der Waals surface area contributed by atoms with Gasteiger partial charge in [-0.1, -0.05) is 6.92 Å². The van der Waals surface area contributed by atoms with E-state index in [2.05, 4.69) is 5.32 Å². The van der Waals surface area contributed by atoms with Crippen molar-refractivity contribution in [3.8, 4) is 0 Å². The Hall–Kier alpha value is -1.29. The molecule has 90 valence electrons. The SMILES string of the molecule is CC[C@@H](CO)NC(=O)c1c(C)oc(C)c1C. The fraction of sp³-hybridized carbons (Fsp3) is 0.583. The number of hydrogen-bond acceptors (Lipinski definition) is 3. The molecule has 1 aromatic rings. The summed E-state index contributed by atoms with van der Waals surface area (Å²) in [7, 11) is 0. The molecule has 4 nitrogen and oxygen atoms in total. The normalized spacial score (nSPS) is 12.6. The first-order valence-corrected chi connectivity index (χ1v) is 5.49. The molecule has 1 amide bonds. The second-order valence-electron chi connectivity index (χ2n) is 3.98. The van der Waals surface area contributed by atoms with Crippen molar-refractivity contribution in [1.29, 1.82) is 0 Å². The molecular weight excluding hydrogens is 206 g/mol.